The fourth-order valence-corrected chi connectivity index (χ4v) is 11.1. The van der Waals surface area contributed by atoms with E-state index in [1.54, 1.807) is 0 Å². The highest BCUT2D eigenvalue weighted by Gasteiger charge is 2.44. The monoisotopic (exact) mass is 831 g/mol. The third kappa shape index (κ3) is 6.96. The van der Waals surface area contributed by atoms with Crippen molar-refractivity contribution in [1.29, 1.82) is 0 Å². The fraction of sp³-hybridized carbons (Fsp3) is 0.0938. The van der Waals surface area contributed by atoms with Gasteiger partial charge in [0.2, 0.25) is 0 Å². The van der Waals surface area contributed by atoms with Crippen LogP contribution in [0.15, 0.2) is 224 Å². The summed E-state index contributed by atoms with van der Waals surface area (Å²) >= 11 is 0. The van der Waals surface area contributed by atoms with Crippen molar-refractivity contribution in [2.24, 2.45) is 0 Å². The molecule has 310 valence electrons. The zero-order valence-electron chi connectivity index (χ0n) is 36.5. The largest absolute Gasteiger partial charge is 0.310 e. The molecule has 2 aliphatic rings. The highest BCUT2D eigenvalue weighted by atomic mass is 15.1. The molecule has 1 fully saturated rings. The van der Waals surface area contributed by atoms with Crippen molar-refractivity contribution in [2.75, 3.05) is 4.90 Å². The Bertz CT molecular complexity index is 3290. The lowest BCUT2D eigenvalue weighted by Gasteiger charge is -2.37. The van der Waals surface area contributed by atoms with E-state index < -0.39 is 0 Å². The fourth-order valence-electron chi connectivity index (χ4n) is 11.1. The van der Waals surface area contributed by atoms with E-state index in [2.05, 4.69) is 242 Å². The van der Waals surface area contributed by atoms with Crippen molar-refractivity contribution in [3.63, 3.8) is 0 Å². The minimum absolute atomic E-state index is 0.0266. The number of fused-ring (bicyclic) bond motifs is 7. The van der Waals surface area contributed by atoms with E-state index in [0.717, 1.165) is 0 Å². The van der Waals surface area contributed by atoms with E-state index in [9.17, 15) is 0 Å². The smallest absolute Gasteiger partial charge is 0.0465 e. The van der Waals surface area contributed by atoms with Crippen molar-refractivity contribution in [3.05, 3.63) is 247 Å². The van der Waals surface area contributed by atoms with Crippen LogP contribution in [0.3, 0.4) is 0 Å². The zero-order chi connectivity index (χ0) is 43.2. The van der Waals surface area contributed by atoms with Crippen LogP contribution in [0.2, 0.25) is 0 Å². The molecule has 0 unspecified atom stereocenters. The Labute approximate surface area is 382 Å². The van der Waals surface area contributed by atoms with Gasteiger partial charge >= 0.3 is 0 Å². The van der Waals surface area contributed by atoms with Gasteiger partial charge in [-0.2, -0.15) is 0 Å². The normalized spacial score (nSPS) is 13.9. The van der Waals surface area contributed by atoms with Crippen LogP contribution in [-0.4, -0.2) is 0 Å². The van der Waals surface area contributed by atoms with E-state index in [1.807, 2.05) is 0 Å². The zero-order valence-corrected chi connectivity index (χ0v) is 36.5. The summed E-state index contributed by atoms with van der Waals surface area (Å²) in [5.74, 6) is 0. The molecular weight excluding hydrogens is 783 g/mol. The van der Waals surface area contributed by atoms with E-state index in [0.29, 0.717) is 0 Å². The van der Waals surface area contributed by atoms with Gasteiger partial charge in [-0.05, 0) is 150 Å². The molecule has 0 saturated heterocycles. The lowest BCUT2D eigenvalue weighted by molar-refractivity contribution is 0.353. The predicted molar refractivity (Wildman–Crippen MR) is 277 cm³/mol. The lowest BCUT2D eigenvalue weighted by atomic mass is 9.67. The Morgan fingerprint density at radius 1 is 0.338 bits per heavy atom. The molecule has 0 radical (unpaired) electrons. The van der Waals surface area contributed by atoms with Crippen molar-refractivity contribution in [2.45, 2.75) is 37.5 Å². The van der Waals surface area contributed by atoms with Crippen LogP contribution >= 0.6 is 0 Å². The minimum Gasteiger partial charge on any atom is -0.310 e. The first kappa shape index (κ1) is 38.9. The number of benzene rings is 10. The average molecular weight is 832 g/mol. The molecule has 0 bridgehead atoms. The summed E-state index contributed by atoms with van der Waals surface area (Å²) in [6.07, 6.45) is 10.8. The second-order valence-electron chi connectivity index (χ2n) is 18.0. The third-order valence-electron chi connectivity index (χ3n) is 14.2. The first-order valence-corrected chi connectivity index (χ1v) is 23.3. The van der Waals surface area contributed by atoms with E-state index >= 15 is 0 Å². The molecule has 0 N–H and O–H groups in total. The van der Waals surface area contributed by atoms with Gasteiger partial charge in [0.15, 0.2) is 0 Å². The van der Waals surface area contributed by atoms with E-state index in [1.165, 1.54) is 137 Å². The maximum atomic E-state index is 2.51. The Hall–Kier alpha value is -7.74. The molecule has 10 aromatic rings. The van der Waals surface area contributed by atoms with Crippen molar-refractivity contribution < 1.29 is 0 Å². The van der Waals surface area contributed by atoms with Crippen molar-refractivity contribution >= 4 is 50.8 Å². The van der Waals surface area contributed by atoms with Gasteiger partial charge in [-0.1, -0.05) is 207 Å². The molecule has 0 heterocycles. The number of hydrogen-bond acceptors (Lipinski definition) is 1. The van der Waals surface area contributed by atoms with Gasteiger partial charge < -0.3 is 4.90 Å². The topological polar surface area (TPSA) is 3.24 Å². The van der Waals surface area contributed by atoms with Crippen molar-refractivity contribution in [1.82, 2.24) is 0 Å². The molecule has 0 aliphatic heterocycles. The van der Waals surface area contributed by atoms with Gasteiger partial charge in [0.05, 0.1) is 0 Å². The van der Waals surface area contributed by atoms with Gasteiger partial charge in [0.25, 0.3) is 0 Å². The molecule has 10 aromatic carbocycles. The molecule has 12 rings (SSSR count). The molecule has 0 aromatic heterocycles. The van der Waals surface area contributed by atoms with Crippen LogP contribution < -0.4 is 4.90 Å². The third-order valence-corrected chi connectivity index (χ3v) is 14.2. The summed E-state index contributed by atoms with van der Waals surface area (Å²) in [7, 11) is 0. The number of nitrogens with zero attached hydrogens (tertiary/aromatic N) is 1. The van der Waals surface area contributed by atoms with Crippen LogP contribution in [0.1, 0.15) is 54.4 Å². The van der Waals surface area contributed by atoms with Crippen molar-refractivity contribution in [3.8, 4) is 44.5 Å². The molecule has 0 amide bonds. The Kier molecular flexibility index (Phi) is 9.83. The number of rotatable bonds is 8. The van der Waals surface area contributed by atoms with Gasteiger partial charge in [-0.15, -0.1) is 0 Å². The Morgan fingerprint density at radius 3 is 1.54 bits per heavy atom. The molecule has 65 heavy (non-hydrogen) atoms. The summed E-state index contributed by atoms with van der Waals surface area (Å²) in [6, 6.07) is 82.9. The Balaban J connectivity index is 0.869. The maximum absolute atomic E-state index is 2.51. The van der Waals surface area contributed by atoms with Crippen LogP contribution in [0, 0.1) is 0 Å². The summed E-state index contributed by atoms with van der Waals surface area (Å²) in [5, 5.41) is 5.04. The number of hydrogen-bond donors (Lipinski definition) is 0. The molecule has 1 heteroatoms. The van der Waals surface area contributed by atoms with Gasteiger partial charge in [0, 0.05) is 22.5 Å². The number of para-hydroxylation sites is 2. The predicted octanol–water partition coefficient (Wildman–Crippen LogP) is 17.9. The molecule has 1 saturated carbocycles. The molecule has 0 atom stereocenters. The highest BCUT2D eigenvalue weighted by Crippen LogP contribution is 2.57. The first-order chi connectivity index (χ1) is 32.2. The van der Waals surface area contributed by atoms with Gasteiger partial charge in [-0.3, -0.25) is 0 Å². The summed E-state index contributed by atoms with van der Waals surface area (Å²) in [4.78, 5) is 2.41. The standard InChI is InChI=1S/C64H49N/c1-6-17-47(18-7-1)56-25-16-26-60-55(37-38-57(63(56)60)48-19-8-2-9-20-48)51-33-32-49-41-45(29-31-50(49)43-51)27-28-46-30-35-58-59-36-34-54(44-62(59)64(61(58)42-46)39-14-5-15-40-64)65(52-21-10-3-11-22-52)53-23-12-4-13-24-53/h1-4,6-13,16-38,41-44H,5,14-15,39-40H2/b28-27+. The van der Waals surface area contributed by atoms with E-state index in [-0.39, 0.29) is 5.41 Å². The average Bonchev–Trinajstić information content (AvgIpc) is 3.63. The second kappa shape index (κ2) is 16.4. The quantitative estimate of drug-likeness (QED) is 0.138. The van der Waals surface area contributed by atoms with Crippen LogP contribution in [0.4, 0.5) is 17.1 Å². The SMILES string of the molecule is C(=C\c1ccc2cc(-c3ccc(-c4ccccc4)c4c(-c5ccccc5)cccc34)ccc2c1)/c1ccc2c(c1)C1(CCCCC1)c1cc(N(c3ccccc3)c3ccccc3)ccc1-2. The van der Waals surface area contributed by atoms with Crippen LogP contribution in [0.25, 0.3) is 78.2 Å². The van der Waals surface area contributed by atoms with E-state index in [4.69, 9.17) is 0 Å². The summed E-state index contributed by atoms with van der Waals surface area (Å²) in [6.45, 7) is 0. The molecular formula is C64H49N. The van der Waals surface area contributed by atoms with Gasteiger partial charge in [-0.25, -0.2) is 0 Å². The first-order valence-electron chi connectivity index (χ1n) is 23.3. The van der Waals surface area contributed by atoms with Crippen LogP contribution in [-0.2, 0) is 5.41 Å². The lowest BCUT2D eigenvalue weighted by Crippen LogP contribution is -2.28. The molecule has 2 aliphatic carbocycles. The number of anilines is 3. The second-order valence-corrected chi connectivity index (χ2v) is 18.0. The highest BCUT2D eigenvalue weighted by molar-refractivity contribution is 6.12. The maximum Gasteiger partial charge on any atom is 0.0465 e. The molecule has 1 nitrogen and oxygen atoms in total. The van der Waals surface area contributed by atoms with Gasteiger partial charge in [0.1, 0.15) is 0 Å². The summed E-state index contributed by atoms with van der Waals surface area (Å²) in [5.41, 5.74) is 19.3. The Morgan fingerprint density at radius 2 is 0.862 bits per heavy atom. The summed E-state index contributed by atoms with van der Waals surface area (Å²) < 4.78 is 0. The van der Waals surface area contributed by atoms with Crippen LogP contribution in [0.5, 0.6) is 0 Å². The molecule has 1 spiro atoms. The minimum atomic E-state index is 0.0266.